The van der Waals surface area contributed by atoms with Crippen molar-refractivity contribution in [2.45, 2.75) is 45.4 Å². The van der Waals surface area contributed by atoms with Gasteiger partial charge in [-0.3, -0.25) is 14.6 Å². The predicted molar refractivity (Wildman–Crippen MR) is 130 cm³/mol. The standard InChI is InChI=1S/C25H32ClN3O2S/c1-16-20(26)2-3-21-22(16)27-24(32-21)29(5-4-28-6-8-31-9-7-28)23(30)25-13-17-10-18(14-25)12-19(11-17)15-25/h2-3,17-19H,4-15H2,1H3. The molecule has 32 heavy (non-hydrogen) atoms. The average Bonchev–Trinajstić information content (AvgIpc) is 3.21. The van der Waals surface area contributed by atoms with Crippen molar-refractivity contribution >= 4 is 44.2 Å². The van der Waals surface area contributed by atoms with Crippen LogP contribution in [0.2, 0.25) is 5.02 Å². The van der Waals surface area contributed by atoms with Crippen LogP contribution in [-0.4, -0.2) is 55.2 Å². The van der Waals surface area contributed by atoms with Gasteiger partial charge in [0.25, 0.3) is 0 Å². The molecule has 0 unspecified atom stereocenters. The number of hydrogen-bond acceptors (Lipinski definition) is 5. The fraction of sp³-hybridized carbons (Fsp3) is 0.680. The van der Waals surface area contributed by atoms with Crippen molar-refractivity contribution in [2.24, 2.45) is 23.2 Å². The number of carbonyl (C=O) groups is 1. The summed E-state index contributed by atoms with van der Waals surface area (Å²) in [4.78, 5) is 23.8. The van der Waals surface area contributed by atoms with Crippen LogP contribution < -0.4 is 4.90 Å². The van der Waals surface area contributed by atoms with Crippen molar-refractivity contribution in [3.63, 3.8) is 0 Å². The Hall–Kier alpha value is -1.21. The average molecular weight is 474 g/mol. The van der Waals surface area contributed by atoms with E-state index >= 15 is 0 Å². The number of amides is 1. The molecule has 0 radical (unpaired) electrons. The lowest BCUT2D eigenvalue weighted by Gasteiger charge is -2.56. The molecule has 1 aromatic carbocycles. The van der Waals surface area contributed by atoms with Gasteiger partial charge < -0.3 is 4.74 Å². The van der Waals surface area contributed by atoms with Gasteiger partial charge >= 0.3 is 0 Å². The molecule has 0 N–H and O–H groups in total. The lowest BCUT2D eigenvalue weighted by Crippen LogP contribution is -2.56. The largest absolute Gasteiger partial charge is 0.379 e. The number of fused-ring (bicyclic) bond motifs is 1. The number of hydrogen-bond donors (Lipinski definition) is 0. The van der Waals surface area contributed by atoms with E-state index in [1.54, 1.807) is 11.3 Å². The van der Waals surface area contributed by atoms with Crippen molar-refractivity contribution in [1.82, 2.24) is 9.88 Å². The van der Waals surface area contributed by atoms with Crippen LogP contribution in [0.4, 0.5) is 5.13 Å². The van der Waals surface area contributed by atoms with Gasteiger partial charge in [0, 0.05) is 31.2 Å². The van der Waals surface area contributed by atoms with Crippen LogP contribution >= 0.6 is 22.9 Å². The molecular weight excluding hydrogens is 442 g/mol. The van der Waals surface area contributed by atoms with Crippen molar-refractivity contribution in [3.05, 3.63) is 22.7 Å². The quantitative estimate of drug-likeness (QED) is 0.603. The lowest BCUT2D eigenvalue weighted by molar-refractivity contribution is -0.143. The number of ether oxygens (including phenoxy) is 1. The number of rotatable bonds is 5. The molecule has 7 heteroatoms. The molecule has 5 fully saturated rings. The summed E-state index contributed by atoms with van der Waals surface area (Å²) in [5, 5.41) is 1.58. The minimum atomic E-state index is -0.162. The molecular formula is C25H32ClN3O2S. The zero-order valence-corrected chi connectivity index (χ0v) is 20.4. The van der Waals surface area contributed by atoms with E-state index in [4.69, 9.17) is 21.3 Å². The number of aromatic nitrogens is 1. The summed E-state index contributed by atoms with van der Waals surface area (Å²) in [5.41, 5.74) is 1.78. The second-order valence-electron chi connectivity index (χ2n) is 10.6. The SMILES string of the molecule is Cc1c(Cl)ccc2sc(N(CCN3CCOCC3)C(=O)C34CC5CC(CC(C5)C3)C4)nc12. The van der Waals surface area contributed by atoms with E-state index in [2.05, 4.69) is 9.80 Å². The second-order valence-corrected chi connectivity index (χ2v) is 12.0. The summed E-state index contributed by atoms with van der Waals surface area (Å²) < 4.78 is 6.63. The molecule has 0 atom stereocenters. The summed E-state index contributed by atoms with van der Waals surface area (Å²) in [5.74, 6) is 2.60. The third-order valence-electron chi connectivity index (χ3n) is 8.45. The third-order valence-corrected chi connectivity index (χ3v) is 9.90. The smallest absolute Gasteiger partial charge is 0.235 e. The first-order valence-corrected chi connectivity index (χ1v) is 13.4. The minimum Gasteiger partial charge on any atom is -0.379 e. The first-order chi connectivity index (χ1) is 15.5. The van der Waals surface area contributed by atoms with E-state index in [-0.39, 0.29) is 5.41 Å². The summed E-state index contributed by atoms with van der Waals surface area (Å²) >= 11 is 8.02. The van der Waals surface area contributed by atoms with Crippen LogP contribution in [0.3, 0.4) is 0 Å². The molecule has 2 aromatic rings. The number of carbonyl (C=O) groups excluding carboxylic acids is 1. The molecule has 5 aliphatic rings. The molecule has 0 spiro atoms. The Kier molecular flexibility index (Phi) is 5.48. The van der Waals surface area contributed by atoms with Crippen LogP contribution in [0.1, 0.15) is 44.1 Å². The van der Waals surface area contributed by atoms with E-state index in [9.17, 15) is 4.79 Å². The Morgan fingerprint density at radius 3 is 2.50 bits per heavy atom. The number of aryl methyl sites for hydroxylation is 1. The highest BCUT2D eigenvalue weighted by molar-refractivity contribution is 7.22. The van der Waals surface area contributed by atoms with Gasteiger partial charge in [-0.25, -0.2) is 4.98 Å². The minimum absolute atomic E-state index is 0.162. The summed E-state index contributed by atoms with van der Waals surface area (Å²) in [7, 11) is 0. The van der Waals surface area contributed by atoms with Crippen molar-refractivity contribution in [3.8, 4) is 0 Å². The van der Waals surface area contributed by atoms with Gasteiger partial charge in [0.05, 0.1) is 28.8 Å². The van der Waals surface area contributed by atoms with Gasteiger partial charge in [0.2, 0.25) is 5.91 Å². The monoisotopic (exact) mass is 473 g/mol. The fourth-order valence-electron chi connectivity index (χ4n) is 7.21. The Labute approximate surface area is 199 Å². The molecule has 1 amide bonds. The topological polar surface area (TPSA) is 45.7 Å². The zero-order valence-electron chi connectivity index (χ0n) is 18.8. The number of benzene rings is 1. The molecule has 4 saturated carbocycles. The summed E-state index contributed by atoms with van der Waals surface area (Å²) in [6.45, 7) is 7.03. The number of halogens is 1. The van der Waals surface area contributed by atoms with Gasteiger partial charge in [0.15, 0.2) is 5.13 Å². The number of anilines is 1. The Bertz CT molecular complexity index is 996. The highest BCUT2D eigenvalue weighted by atomic mass is 35.5. The Balaban J connectivity index is 1.33. The summed E-state index contributed by atoms with van der Waals surface area (Å²) in [6.07, 6.45) is 7.29. The number of morpholine rings is 1. The highest BCUT2D eigenvalue weighted by Crippen LogP contribution is 2.60. The van der Waals surface area contributed by atoms with E-state index in [1.165, 1.54) is 19.3 Å². The van der Waals surface area contributed by atoms with Crippen LogP contribution in [0.25, 0.3) is 10.2 Å². The van der Waals surface area contributed by atoms with E-state index in [1.807, 2.05) is 19.1 Å². The lowest BCUT2D eigenvalue weighted by atomic mass is 9.49. The van der Waals surface area contributed by atoms with E-state index in [0.29, 0.717) is 12.5 Å². The third kappa shape index (κ3) is 3.67. The highest BCUT2D eigenvalue weighted by Gasteiger charge is 2.56. The van der Waals surface area contributed by atoms with E-state index in [0.717, 1.165) is 95.8 Å². The van der Waals surface area contributed by atoms with Crippen LogP contribution in [-0.2, 0) is 9.53 Å². The maximum atomic E-state index is 14.3. The maximum Gasteiger partial charge on any atom is 0.235 e. The van der Waals surface area contributed by atoms with Gasteiger partial charge in [-0.05, 0) is 80.9 Å². The normalized spacial score (nSPS) is 32.0. The van der Waals surface area contributed by atoms with Crippen LogP contribution in [0.5, 0.6) is 0 Å². The van der Waals surface area contributed by atoms with E-state index < -0.39 is 0 Å². The molecule has 2 heterocycles. The van der Waals surface area contributed by atoms with Gasteiger partial charge in [-0.15, -0.1) is 0 Å². The second kappa shape index (κ2) is 8.23. The van der Waals surface area contributed by atoms with Crippen LogP contribution in [0, 0.1) is 30.1 Å². The van der Waals surface area contributed by atoms with Crippen molar-refractivity contribution < 1.29 is 9.53 Å². The first kappa shape index (κ1) is 21.3. The number of nitrogens with zero attached hydrogens (tertiary/aromatic N) is 3. The molecule has 1 saturated heterocycles. The Morgan fingerprint density at radius 1 is 1.19 bits per heavy atom. The van der Waals surface area contributed by atoms with Crippen LogP contribution in [0.15, 0.2) is 12.1 Å². The molecule has 4 bridgehead atoms. The number of thiazole rings is 1. The van der Waals surface area contributed by atoms with Crippen molar-refractivity contribution in [2.75, 3.05) is 44.3 Å². The Morgan fingerprint density at radius 2 is 1.84 bits per heavy atom. The van der Waals surface area contributed by atoms with Gasteiger partial charge in [-0.2, -0.15) is 0 Å². The molecule has 1 aromatic heterocycles. The first-order valence-electron chi connectivity index (χ1n) is 12.2. The van der Waals surface area contributed by atoms with Gasteiger partial charge in [0.1, 0.15) is 0 Å². The van der Waals surface area contributed by atoms with Crippen molar-refractivity contribution in [1.29, 1.82) is 0 Å². The molecule has 172 valence electrons. The summed E-state index contributed by atoms with van der Waals surface area (Å²) in [6, 6.07) is 3.99. The maximum absolute atomic E-state index is 14.3. The zero-order chi connectivity index (χ0) is 21.9. The van der Waals surface area contributed by atoms with Gasteiger partial charge in [-0.1, -0.05) is 22.9 Å². The predicted octanol–water partition coefficient (Wildman–Crippen LogP) is 5.14. The molecule has 7 rings (SSSR count). The fourth-order valence-corrected chi connectivity index (χ4v) is 8.42. The molecule has 1 aliphatic heterocycles. The molecule has 5 nitrogen and oxygen atoms in total. The molecule has 4 aliphatic carbocycles.